The van der Waals surface area contributed by atoms with Crippen molar-refractivity contribution in [2.45, 2.75) is 19.9 Å². The Morgan fingerprint density at radius 2 is 2.00 bits per heavy atom. The third-order valence-corrected chi connectivity index (χ3v) is 3.48. The first kappa shape index (κ1) is 17.6. The molecule has 1 aromatic heterocycles. The maximum Gasteiger partial charge on any atom is 0.305 e. The first-order valence-electron chi connectivity index (χ1n) is 7.23. The maximum absolute atomic E-state index is 13.3. The molecule has 0 bridgehead atoms. The van der Waals surface area contributed by atoms with Gasteiger partial charge in [0.05, 0.1) is 17.7 Å². The first-order chi connectivity index (χ1) is 11.3. The van der Waals surface area contributed by atoms with Crippen LogP contribution in [-0.2, 0) is 18.4 Å². The van der Waals surface area contributed by atoms with Crippen molar-refractivity contribution in [2.75, 3.05) is 6.54 Å². The van der Waals surface area contributed by atoms with Gasteiger partial charge >= 0.3 is 5.97 Å². The van der Waals surface area contributed by atoms with E-state index in [0.717, 1.165) is 12.1 Å². The summed E-state index contributed by atoms with van der Waals surface area (Å²) in [7, 11) is 1.67. The monoisotopic (exact) mass is 337 g/mol. The Hall–Kier alpha value is -2.77. The van der Waals surface area contributed by atoms with Crippen LogP contribution < -0.4 is 0 Å². The lowest BCUT2D eigenvalue weighted by Gasteiger charge is -2.22. The van der Waals surface area contributed by atoms with Gasteiger partial charge in [0.25, 0.3) is 5.91 Å². The molecule has 0 saturated heterocycles. The van der Waals surface area contributed by atoms with E-state index in [2.05, 4.69) is 5.10 Å². The summed E-state index contributed by atoms with van der Waals surface area (Å²) in [5.41, 5.74) is 1.22. The number of hydrogen-bond donors (Lipinski definition) is 1. The Kier molecular flexibility index (Phi) is 5.28. The third-order valence-electron chi connectivity index (χ3n) is 3.48. The molecular formula is C16H17F2N3O3. The van der Waals surface area contributed by atoms with Gasteiger partial charge in [0.15, 0.2) is 11.6 Å². The predicted molar refractivity (Wildman–Crippen MR) is 81.3 cm³/mol. The highest BCUT2D eigenvalue weighted by atomic mass is 19.2. The highest BCUT2D eigenvalue weighted by molar-refractivity contribution is 5.95. The van der Waals surface area contributed by atoms with Crippen LogP contribution >= 0.6 is 0 Å². The van der Waals surface area contributed by atoms with Gasteiger partial charge in [-0.2, -0.15) is 5.10 Å². The van der Waals surface area contributed by atoms with E-state index in [1.165, 1.54) is 21.8 Å². The maximum atomic E-state index is 13.3. The number of aromatic nitrogens is 2. The van der Waals surface area contributed by atoms with E-state index < -0.39 is 23.5 Å². The number of rotatable bonds is 6. The third kappa shape index (κ3) is 4.15. The summed E-state index contributed by atoms with van der Waals surface area (Å²) in [4.78, 5) is 24.8. The molecule has 0 aliphatic carbocycles. The number of aryl methyl sites for hydroxylation is 2. The second-order valence-corrected chi connectivity index (χ2v) is 5.42. The van der Waals surface area contributed by atoms with Crippen molar-refractivity contribution in [3.8, 4) is 0 Å². The molecule has 0 atom stereocenters. The van der Waals surface area contributed by atoms with Crippen molar-refractivity contribution >= 4 is 11.9 Å². The average molecular weight is 337 g/mol. The van der Waals surface area contributed by atoms with Crippen molar-refractivity contribution in [1.82, 2.24) is 14.7 Å². The van der Waals surface area contributed by atoms with Crippen LogP contribution in [0.3, 0.4) is 0 Å². The smallest absolute Gasteiger partial charge is 0.305 e. The van der Waals surface area contributed by atoms with Crippen LogP contribution in [0, 0.1) is 18.6 Å². The molecule has 1 amide bonds. The van der Waals surface area contributed by atoms with Crippen LogP contribution in [-0.4, -0.2) is 38.2 Å². The molecule has 0 saturated carbocycles. The van der Waals surface area contributed by atoms with E-state index in [1.54, 1.807) is 14.0 Å². The predicted octanol–water partition coefficient (Wildman–Crippen LogP) is 2.12. The fourth-order valence-corrected chi connectivity index (χ4v) is 2.32. The van der Waals surface area contributed by atoms with Gasteiger partial charge in [-0.25, -0.2) is 8.78 Å². The molecule has 2 rings (SSSR count). The van der Waals surface area contributed by atoms with E-state index in [0.29, 0.717) is 16.8 Å². The lowest BCUT2D eigenvalue weighted by Crippen LogP contribution is -2.33. The number of carboxylic acids is 1. The van der Waals surface area contributed by atoms with E-state index in [4.69, 9.17) is 5.11 Å². The van der Waals surface area contributed by atoms with Gasteiger partial charge < -0.3 is 10.0 Å². The molecule has 8 heteroatoms. The van der Waals surface area contributed by atoms with Crippen LogP contribution in [0.1, 0.15) is 28.0 Å². The number of carboxylic acid groups (broad SMARTS) is 1. The van der Waals surface area contributed by atoms with Gasteiger partial charge in [-0.15, -0.1) is 0 Å². The van der Waals surface area contributed by atoms with Gasteiger partial charge in [-0.3, -0.25) is 14.3 Å². The summed E-state index contributed by atoms with van der Waals surface area (Å²) in [5, 5.41) is 12.9. The van der Waals surface area contributed by atoms with Crippen LogP contribution in [0.5, 0.6) is 0 Å². The normalized spacial score (nSPS) is 10.7. The molecule has 1 aromatic carbocycles. The number of hydrogen-bond acceptors (Lipinski definition) is 3. The molecule has 0 fully saturated rings. The van der Waals surface area contributed by atoms with Crippen molar-refractivity contribution < 1.29 is 23.5 Å². The van der Waals surface area contributed by atoms with Gasteiger partial charge in [0.2, 0.25) is 0 Å². The minimum atomic E-state index is -1.05. The second-order valence-electron chi connectivity index (χ2n) is 5.42. The fraction of sp³-hybridized carbons (Fsp3) is 0.312. The van der Waals surface area contributed by atoms with E-state index in [9.17, 15) is 18.4 Å². The standard InChI is InChI=1S/C16H17F2N3O3/c1-10-12(9-20(2)19-10)16(24)21(6-5-15(22)23)8-11-3-4-13(17)14(18)7-11/h3-4,7,9H,5-6,8H2,1-2H3,(H,22,23). The average Bonchev–Trinajstić information content (AvgIpc) is 2.85. The largest absolute Gasteiger partial charge is 0.481 e. The summed E-state index contributed by atoms with van der Waals surface area (Å²) in [6.07, 6.45) is 1.28. The number of halogens is 2. The Balaban J connectivity index is 2.26. The van der Waals surface area contributed by atoms with Crippen LogP contribution in [0.25, 0.3) is 0 Å². The van der Waals surface area contributed by atoms with Gasteiger partial charge in [-0.1, -0.05) is 6.07 Å². The van der Waals surface area contributed by atoms with Crippen molar-refractivity contribution in [3.05, 3.63) is 52.9 Å². The number of aliphatic carboxylic acids is 1. The highest BCUT2D eigenvalue weighted by Gasteiger charge is 2.21. The zero-order valence-corrected chi connectivity index (χ0v) is 13.3. The Morgan fingerprint density at radius 3 is 2.54 bits per heavy atom. The Bertz CT molecular complexity index is 774. The quantitative estimate of drug-likeness (QED) is 0.876. The molecule has 2 aromatic rings. The number of nitrogens with zero attached hydrogens (tertiary/aromatic N) is 3. The summed E-state index contributed by atoms with van der Waals surface area (Å²) in [5.74, 6) is -3.46. The van der Waals surface area contributed by atoms with Crippen LogP contribution in [0.15, 0.2) is 24.4 Å². The summed E-state index contributed by atoms with van der Waals surface area (Å²) in [6.45, 7) is 1.58. The SMILES string of the molecule is Cc1nn(C)cc1C(=O)N(CCC(=O)O)Cc1ccc(F)c(F)c1. The van der Waals surface area contributed by atoms with Crippen molar-refractivity contribution in [1.29, 1.82) is 0 Å². The molecule has 0 aliphatic heterocycles. The molecule has 0 unspecified atom stereocenters. The molecule has 1 N–H and O–H groups in total. The summed E-state index contributed by atoms with van der Waals surface area (Å²) in [6, 6.07) is 3.32. The summed E-state index contributed by atoms with van der Waals surface area (Å²) < 4.78 is 27.9. The molecule has 128 valence electrons. The minimum Gasteiger partial charge on any atom is -0.481 e. The lowest BCUT2D eigenvalue weighted by molar-refractivity contribution is -0.137. The first-order valence-corrected chi connectivity index (χ1v) is 7.23. The van der Waals surface area contributed by atoms with Crippen LogP contribution in [0.2, 0.25) is 0 Å². The van der Waals surface area contributed by atoms with E-state index in [1.807, 2.05) is 0 Å². The number of carbonyl (C=O) groups excluding carboxylic acids is 1. The van der Waals surface area contributed by atoms with Crippen molar-refractivity contribution in [2.24, 2.45) is 7.05 Å². The number of benzene rings is 1. The molecule has 6 nitrogen and oxygen atoms in total. The zero-order chi connectivity index (χ0) is 17.9. The van der Waals surface area contributed by atoms with Gasteiger partial charge in [0, 0.05) is 26.3 Å². The molecular weight excluding hydrogens is 320 g/mol. The lowest BCUT2D eigenvalue weighted by atomic mass is 10.1. The number of carbonyl (C=O) groups is 2. The highest BCUT2D eigenvalue weighted by Crippen LogP contribution is 2.15. The van der Waals surface area contributed by atoms with Crippen molar-refractivity contribution in [3.63, 3.8) is 0 Å². The van der Waals surface area contributed by atoms with Crippen LogP contribution in [0.4, 0.5) is 8.78 Å². The summed E-state index contributed by atoms with van der Waals surface area (Å²) >= 11 is 0. The number of amides is 1. The topological polar surface area (TPSA) is 75.4 Å². The van der Waals surface area contributed by atoms with Gasteiger partial charge in [0.1, 0.15) is 0 Å². The molecule has 1 heterocycles. The molecule has 0 spiro atoms. The van der Waals surface area contributed by atoms with Gasteiger partial charge in [-0.05, 0) is 24.6 Å². The molecule has 0 radical (unpaired) electrons. The molecule has 0 aliphatic rings. The minimum absolute atomic E-state index is 0.0301. The second kappa shape index (κ2) is 7.20. The fourth-order valence-electron chi connectivity index (χ4n) is 2.32. The van der Waals surface area contributed by atoms with E-state index >= 15 is 0 Å². The Morgan fingerprint density at radius 1 is 1.29 bits per heavy atom. The Labute approximate surface area is 137 Å². The van der Waals surface area contributed by atoms with E-state index in [-0.39, 0.29) is 19.5 Å². The molecule has 24 heavy (non-hydrogen) atoms. The zero-order valence-electron chi connectivity index (χ0n) is 13.3.